The van der Waals surface area contributed by atoms with E-state index < -0.39 is 12.1 Å². The maximum atomic E-state index is 12.6. The quantitative estimate of drug-likeness (QED) is 0.865. The van der Waals surface area contributed by atoms with E-state index in [9.17, 15) is 14.4 Å². The molecule has 0 spiro atoms. The molecule has 7 nitrogen and oxygen atoms in total. The standard InChI is InChI=1S/C20H20N2O5/c1-11-5-4-6-12(2)18(11)21-17(23)10-22-15-8-7-14(20(25)26)9-16(15)27-13(3)19(22)24/h4-9,13H,10H2,1-3H3,(H,21,23)(H,25,26). The van der Waals surface area contributed by atoms with E-state index in [1.54, 1.807) is 6.92 Å². The number of nitrogens with one attached hydrogen (secondary N) is 1. The highest BCUT2D eigenvalue weighted by atomic mass is 16.5. The highest BCUT2D eigenvalue weighted by Gasteiger charge is 2.33. The van der Waals surface area contributed by atoms with Gasteiger partial charge in [0, 0.05) is 5.69 Å². The molecule has 140 valence electrons. The van der Waals surface area contributed by atoms with Crippen molar-refractivity contribution in [2.24, 2.45) is 0 Å². The molecule has 0 bridgehead atoms. The smallest absolute Gasteiger partial charge is 0.335 e. The minimum absolute atomic E-state index is 0.0511. The highest BCUT2D eigenvalue weighted by molar-refractivity contribution is 6.06. The molecule has 0 aromatic heterocycles. The van der Waals surface area contributed by atoms with E-state index in [0.717, 1.165) is 16.8 Å². The topological polar surface area (TPSA) is 95.9 Å². The summed E-state index contributed by atoms with van der Waals surface area (Å²) in [5, 5.41) is 12.0. The van der Waals surface area contributed by atoms with E-state index in [-0.39, 0.29) is 29.7 Å². The zero-order valence-electron chi connectivity index (χ0n) is 15.3. The molecule has 1 atom stereocenters. The van der Waals surface area contributed by atoms with E-state index in [0.29, 0.717) is 5.69 Å². The Morgan fingerprint density at radius 2 is 1.85 bits per heavy atom. The number of hydrogen-bond acceptors (Lipinski definition) is 4. The lowest BCUT2D eigenvalue weighted by Gasteiger charge is -2.32. The Morgan fingerprint density at radius 1 is 1.19 bits per heavy atom. The monoisotopic (exact) mass is 368 g/mol. The average Bonchev–Trinajstić information content (AvgIpc) is 2.61. The third-order valence-electron chi connectivity index (χ3n) is 4.46. The van der Waals surface area contributed by atoms with Gasteiger partial charge in [-0.15, -0.1) is 0 Å². The second-order valence-corrected chi connectivity index (χ2v) is 6.49. The van der Waals surface area contributed by atoms with Crippen molar-refractivity contribution in [3.8, 4) is 5.75 Å². The van der Waals surface area contributed by atoms with Gasteiger partial charge in [-0.2, -0.15) is 0 Å². The Labute approximate surface area is 156 Å². The van der Waals surface area contributed by atoms with Crippen LogP contribution < -0.4 is 15.0 Å². The zero-order valence-corrected chi connectivity index (χ0v) is 15.3. The van der Waals surface area contributed by atoms with Gasteiger partial charge < -0.3 is 15.2 Å². The molecule has 7 heteroatoms. The van der Waals surface area contributed by atoms with E-state index in [1.165, 1.54) is 23.1 Å². The van der Waals surface area contributed by atoms with Gasteiger partial charge in [-0.1, -0.05) is 18.2 Å². The van der Waals surface area contributed by atoms with Crippen LogP contribution in [0.5, 0.6) is 5.75 Å². The second kappa shape index (κ2) is 7.11. The van der Waals surface area contributed by atoms with Gasteiger partial charge in [0.25, 0.3) is 5.91 Å². The molecule has 1 heterocycles. The fourth-order valence-electron chi connectivity index (χ4n) is 3.04. The summed E-state index contributed by atoms with van der Waals surface area (Å²) in [7, 11) is 0. The fourth-order valence-corrected chi connectivity index (χ4v) is 3.04. The van der Waals surface area contributed by atoms with Crippen LogP contribution in [0.15, 0.2) is 36.4 Å². The van der Waals surface area contributed by atoms with Crippen molar-refractivity contribution < 1.29 is 24.2 Å². The second-order valence-electron chi connectivity index (χ2n) is 6.49. The minimum atomic E-state index is -1.09. The van der Waals surface area contributed by atoms with Crippen molar-refractivity contribution in [2.75, 3.05) is 16.8 Å². The molecule has 0 fully saturated rings. The number of aryl methyl sites for hydroxylation is 2. The molecule has 1 aliphatic rings. The van der Waals surface area contributed by atoms with Crippen LogP contribution in [0.3, 0.4) is 0 Å². The summed E-state index contributed by atoms with van der Waals surface area (Å²) < 4.78 is 5.52. The Balaban J connectivity index is 1.87. The first-order chi connectivity index (χ1) is 12.8. The molecule has 0 aliphatic carbocycles. The first-order valence-electron chi connectivity index (χ1n) is 8.49. The van der Waals surface area contributed by atoms with Crippen molar-refractivity contribution in [2.45, 2.75) is 26.9 Å². The number of ether oxygens (including phenoxy) is 1. The number of carbonyl (C=O) groups is 3. The Bertz CT molecular complexity index is 918. The van der Waals surface area contributed by atoms with E-state index >= 15 is 0 Å². The molecule has 0 saturated heterocycles. The molecular weight excluding hydrogens is 348 g/mol. The van der Waals surface area contributed by atoms with E-state index in [2.05, 4.69) is 5.32 Å². The van der Waals surface area contributed by atoms with E-state index in [1.807, 2.05) is 32.0 Å². The van der Waals surface area contributed by atoms with Gasteiger partial charge in [0.05, 0.1) is 11.3 Å². The SMILES string of the molecule is Cc1cccc(C)c1NC(=O)CN1C(=O)C(C)Oc2cc(C(=O)O)ccc21. The molecule has 2 aromatic rings. The van der Waals surface area contributed by atoms with Crippen LogP contribution in [0.4, 0.5) is 11.4 Å². The number of aromatic carboxylic acids is 1. The maximum Gasteiger partial charge on any atom is 0.335 e. The third kappa shape index (κ3) is 3.62. The number of amides is 2. The Morgan fingerprint density at radius 3 is 2.48 bits per heavy atom. The molecule has 2 N–H and O–H groups in total. The van der Waals surface area contributed by atoms with Crippen LogP contribution in [0.1, 0.15) is 28.4 Å². The van der Waals surface area contributed by atoms with Crippen molar-refractivity contribution in [1.82, 2.24) is 0 Å². The van der Waals surface area contributed by atoms with Gasteiger partial charge in [-0.05, 0) is 50.1 Å². The van der Waals surface area contributed by atoms with Gasteiger partial charge in [0.2, 0.25) is 5.91 Å². The number of carbonyl (C=O) groups excluding carboxylic acids is 2. The summed E-state index contributed by atoms with van der Waals surface area (Å²) >= 11 is 0. The first kappa shape index (κ1) is 18.4. The number of benzene rings is 2. The molecular formula is C20H20N2O5. The predicted molar refractivity (Wildman–Crippen MR) is 100 cm³/mol. The summed E-state index contributed by atoms with van der Waals surface area (Å²) in [4.78, 5) is 37.6. The molecule has 1 aliphatic heterocycles. The van der Waals surface area contributed by atoms with E-state index in [4.69, 9.17) is 9.84 Å². The van der Waals surface area contributed by atoms with Crippen LogP contribution in [-0.4, -0.2) is 35.5 Å². The van der Waals surface area contributed by atoms with Gasteiger partial charge in [0.1, 0.15) is 12.3 Å². The van der Waals surface area contributed by atoms with Crippen molar-refractivity contribution in [3.05, 3.63) is 53.1 Å². The van der Waals surface area contributed by atoms with Crippen LogP contribution in [0.2, 0.25) is 0 Å². The van der Waals surface area contributed by atoms with Crippen LogP contribution in [-0.2, 0) is 9.59 Å². The number of nitrogens with zero attached hydrogens (tertiary/aromatic N) is 1. The van der Waals surface area contributed by atoms with Crippen LogP contribution >= 0.6 is 0 Å². The lowest BCUT2D eigenvalue weighted by Crippen LogP contribution is -2.47. The Kier molecular flexibility index (Phi) is 4.85. The molecule has 2 aromatic carbocycles. The van der Waals surface area contributed by atoms with Gasteiger partial charge >= 0.3 is 5.97 Å². The first-order valence-corrected chi connectivity index (χ1v) is 8.49. The number of carboxylic acids is 1. The molecule has 0 radical (unpaired) electrons. The van der Waals surface area contributed by atoms with Crippen LogP contribution in [0.25, 0.3) is 0 Å². The number of fused-ring (bicyclic) bond motifs is 1. The van der Waals surface area contributed by atoms with Gasteiger partial charge in [-0.25, -0.2) is 4.79 Å². The van der Waals surface area contributed by atoms with Crippen molar-refractivity contribution in [1.29, 1.82) is 0 Å². The minimum Gasteiger partial charge on any atom is -0.479 e. The zero-order chi connectivity index (χ0) is 19.7. The number of para-hydroxylation sites is 1. The van der Waals surface area contributed by atoms with Crippen molar-refractivity contribution >= 4 is 29.2 Å². The summed E-state index contributed by atoms with van der Waals surface area (Å²) in [5.41, 5.74) is 3.00. The average molecular weight is 368 g/mol. The fraction of sp³-hybridized carbons (Fsp3) is 0.250. The molecule has 0 saturated carbocycles. The molecule has 2 amide bonds. The molecule has 3 rings (SSSR count). The molecule has 27 heavy (non-hydrogen) atoms. The number of carboxylic acid groups (broad SMARTS) is 1. The predicted octanol–water partition coefficient (Wildman–Crippen LogP) is 2.75. The summed E-state index contributed by atoms with van der Waals surface area (Å²) in [6.07, 6.45) is -0.811. The molecule has 1 unspecified atom stereocenters. The number of hydrogen-bond donors (Lipinski definition) is 2. The highest BCUT2D eigenvalue weighted by Crippen LogP contribution is 2.35. The lowest BCUT2D eigenvalue weighted by atomic mass is 10.1. The van der Waals surface area contributed by atoms with Crippen molar-refractivity contribution in [3.63, 3.8) is 0 Å². The normalized spacial score (nSPS) is 15.7. The van der Waals surface area contributed by atoms with Gasteiger partial charge in [0.15, 0.2) is 6.10 Å². The van der Waals surface area contributed by atoms with Crippen LogP contribution in [0, 0.1) is 13.8 Å². The largest absolute Gasteiger partial charge is 0.479 e. The lowest BCUT2D eigenvalue weighted by molar-refractivity contribution is -0.127. The van der Waals surface area contributed by atoms with Gasteiger partial charge in [-0.3, -0.25) is 14.5 Å². The summed E-state index contributed by atoms with van der Waals surface area (Å²) in [6, 6.07) is 9.92. The summed E-state index contributed by atoms with van der Waals surface area (Å²) in [5.74, 6) is -1.53. The maximum absolute atomic E-state index is 12.6. The Hall–Kier alpha value is -3.35. The number of rotatable bonds is 4. The third-order valence-corrected chi connectivity index (χ3v) is 4.46. The number of anilines is 2. The summed E-state index contributed by atoms with van der Waals surface area (Å²) in [6.45, 7) is 5.16.